The first-order chi connectivity index (χ1) is 11.7. The van der Waals surface area contributed by atoms with Gasteiger partial charge in [0.25, 0.3) is 0 Å². The van der Waals surface area contributed by atoms with E-state index in [-0.39, 0.29) is 11.9 Å². The quantitative estimate of drug-likeness (QED) is 0.859. The van der Waals surface area contributed by atoms with Gasteiger partial charge >= 0.3 is 6.01 Å². The van der Waals surface area contributed by atoms with Gasteiger partial charge in [-0.3, -0.25) is 9.69 Å². The van der Waals surface area contributed by atoms with Crippen LogP contribution in [0.2, 0.25) is 0 Å². The van der Waals surface area contributed by atoms with Crippen molar-refractivity contribution in [1.82, 2.24) is 19.8 Å². The van der Waals surface area contributed by atoms with Crippen molar-refractivity contribution in [1.29, 1.82) is 0 Å². The van der Waals surface area contributed by atoms with Gasteiger partial charge in [-0.05, 0) is 5.56 Å². The van der Waals surface area contributed by atoms with Gasteiger partial charge in [0.2, 0.25) is 5.91 Å². The van der Waals surface area contributed by atoms with Crippen molar-refractivity contribution >= 4 is 5.91 Å². The average Bonchev–Trinajstić information content (AvgIpc) is 2.63. The Bertz CT molecular complexity index is 675. The molecule has 0 spiro atoms. The number of benzene rings is 1. The Labute approximate surface area is 142 Å². The molecule has 1 aromatic heterocycles. The molecule has 1 aliphatic heterocycles. The monoisotopic (exact) mass is 326 g/mol. The first kappa shape index (κ1) is 16.4. The van der Waals surface area contributed by atoms with Gasteiger partial charge in [-0.2, -0.15) is 0 Å². The number of hydrogen-bond donors (Lipinski definition) is 0. The zero-order valence-corrected chi connectivity index (χ0v) is 14.1. The molecular weight excluding hydrogens is 304 g/mol. The highest BCUT2D eigenvalue weighted by Gasteiger charge is 2.29. The topological polar surface area (TPSA) is 58.6 Å². The summed E-state index contributed by atoms with van der Waals surface area (Å²) in [6, 6.07) is 10.9. The molecule has 0 radical (unpaired) electrons. The van der Waals surface area contributed by atoms with Crippen LogP contribution >= 0.6 is 0 Å². The second-order valence-electron chi connectivity index (χ2n) is 5.94. The lowest BCUT2D eigenvalue weighted by atomic mass is 10.0. The third-order valence-corrected chi connectivity index (χ3v) is 4.37. The summed E-state index contributed by atoms with van der Waals surface area (Å²) in [5, 5.41) is 0. The minimum Gasteiger partial charge on any atom is -0.467 e. The number of methoxy groups -OCH3 is 1. The molecule has 126 valence electrons. The number of carbonyl (C=O) groups is 1. The number of hydrogen-bond acceptors (Lipinski definition) is 5. The van der Waals surface area contributed by atoms with E-state index in [9.17, 15) is 4.79 Å². The van der Waals surface area contributed by atoms with Gasteiger partial charge in [-0.25, -0.2) is 9.97 Å². The predicted molar refractivity (Wildman–Crippen MR) is 90.4 cm³/mol. The second kappa shape index (κ2) is 7.40. The van der Waals surface area contributed by atoms with Crippen molar-refractivity contribution in [2.45, 2.75) is 19.5 Å². The smallest absolute Gasteiger partial charge is 0.316 e. The molecule has 1 aromatic carbocycles. The van der Waals surface area contributed by atoms with E-state index in [1.807, 2.05) is 23.1 Å². The van der Waals surface area contributed by atoms with Gasteiger partial charge in [0.15, 0.2) is 0 Å². The van der Waals surface area contributed by atoms with Gasteiger partial charge in [0.05, 0.1) is 13.2 Å². The molecule has 6 heteroatoms. The lowest BCUT2D eigenvalue weighted by Gasteiger charge is -2.41. The molecule has 1 atom stereocenters. The molecular formula is C18H22N4O2. The fourth-order valence-electron chi connectivity index (χ4n) is 3.05. The number of carbonyl (C=O) groups excluding carboxylic acids is 1. The maximum atomic E-state index is 11.8. The van der Waals surface area contributed by atoms with Crippen LogP contribution in [0.1, 0.15) is 24.1 Å². The molecule has 24 heavy (non-hydrogen) atoms. The van der Waals surface area contributed by atoms with E-state index in [1.165, 1.54) is 5.56 Å². The zero-order valence-electron chi connectivity index (χ0n) is 14.1. The van der Waals surface area contributed by atoms with Crippen LogP contribution < -0.4 is 4.74 Å². The standard InChI is InChI=1S/C18H22N4O2/c1-14(23)21-8-9-22(12-15-10-19-18(24-2)20-11-15)17(13-21)16-6-4-3-5-7-16/h3-7,10-11,17H,8-9,12-13H2,1-2H3/t17-/m0/s1. The van der Waals surface area contributed by atoms with Crippen LogP contribution in [-0.2, 0) is 11.3 Å². The molecule has 0 bridgehead atoms. The molecule has 1 fully saturated rings. The van der Waals surface area contributed by atoms with E-state index >= 15 is 0 Å². The third-order valence-electron chi connectivity index (χ3n) is 4.37. The summed E-state index contributed by atoms with van der Waals surface area (Å²) in [5.74, 6) is 0.128. The Morgan fingerprint density at radius 2 is 1.92 bits per heavy atom. The van der Waals surface area contributed by atoms with Crippen LogP contribution in [-0.4, -0.2) is 52.4 Å². The maximum Gasteiger partial charge on any atom is 0.316 e. The van der Waals surface area contributed by atoms with E-state index in [0.717, 1.165) is 25.2 Å². The number of amides is 1. The van der Waals surface area contributed by atoms with Gasteiger partial charge in [0.1, 0.15) is 0 Å². The number of ether oxygens (including phenoxy) is 1. The Hall–Kier alpha value is -2.47. The number of rotatable bonds is 4. The third kappa shape index (κ3) is 3.71. The van der Waals surface area contributed by atoms with Crippen LogP contribution in [0.25, 0.3) is 0 Å². The average molecular weight is 326 g/mol. The van der Waals surface area contributed by atoms with E-state index in [2.05, 4.69) is 27.0 Å². The number of aromatic nitrogens is 2. The van der Waals surface area contributed by atoms with Crippen LogP contribution in [0, 0.1) is 0 Å². The first-order valence-electron chi connectivity index (χ1n) is 8.07. The summed E-state index contributed by atoms with van der Waals surface area (Å²) in [5.41, 5.74) is 2.26. The van der Waals surface area contributed by atoms with E-state index < -0.39 is 0 Å². The largest absolute Gasteiger partial charge is 0.467 e. The minimum atomic E-state index is 0.128. The Morgan fingerprint density at radius 3 is 2.54 bits per heavy atom. The number of piperazine rings is 1. The van der Waals surface area contributed by atoms with E-state index in [0.29, 0.717) is 12.6 Å². The van der Waals surface area contributed by atoms with Gasteiger partial charge in [0, 0.05) is 51.1 Å². The molecule has 1 amide bonds. The fraction of sp³-hybridized carbons (Fsp3) is 0.389. The molecule has 0 saturated carbocycles. The Morgan fingerprint density at radius 1 is 1.21 bits per heavy atom. The summed E-state index contributed by atoms with van der Waals surface area (Å²) in [6.07, 6.45) is 3.59. The molecule has 1 saturated heterocycles. The van der Waals surface area contributed by atoms with E-state index in [4.69, 9.17) is 4.74 Å². The van der Waals surface area contributed by atoms with Crippen LogP contribution in [0.15, 0.2) is 42.7 Å². The van der Waals surface area contributed by atoms with Crippen molar-refractivity contribution in [2.75, 3.05) is 26.7 Å². The summed E-state index contributed by atoms with van der Waals surface area (Å²) in [4.78, 5) is 24.4. The lowest BCUT2D eigenvalue weighted by molar-refractivity contribution is -0.132. The van der Waals surface area contributed by atoms with Gasteiger partial charge in [-0.1, -0.05) is 30.3 Å². The summed E-state index contributed by atoms with van der Waals surface area (Å²) < 4.78 is 5.01. The number of nitrogens with zero attached hydrogens (tertiary/aromatic N) is 4. The van der Waals surface area contributed by atoms with Crippen molar-refractivity contribution in [3.63, 3.8) is 0 Å². The highest BCUT2D eigenvalue weighted by molar-refractivity contribution is 5.73. The normalized spacial score (nSPS) is 18.4. The summed E-state index contributed by atoms with van der Waals surface area (Å²) in [6.45, 7) is 4.65. The molecule has 6 nitrogen and oxygen atoms in total. The van der Waals surface area contributed by atoms with Gasteiger partial charge < -0.3 is 9.64 Å². The van der Waals surface area contributed by atoms with Crippen LogP contribution in [0.5, 0.6) is 6.01 Å². The molecule has 3 rings (SSSR count). The lowest BCUT2D eigenvalue weighted by Crippen LogP contribution is -2.49. The summed E-state index contributed by atoms with van der Waals surface area (Å²) in [7, 11) is 1.56. The molecule has 0 N–H and O–H groups in total. The highest BCUT2D eigenvalue weighted by Crippen LogP contribution is 2.27. The van der Waals surface area contributed by atoms with Crippen LogP contribution in [0.3, 0.4) is 0 Å². The van der Waals surface area contributed by atoms with Gasteiger partial charge in [-0.15, -0.1) is 0 Å². The Balaban J connectivity index is 1.79. The SMILES string of the molecule is COc1ncc(CN2CCN(C(C)=O)C[C@H]2c2ccccc2)cn1. The molecule has 2 heterocycles. The summed E-state index contributed by atoms with van der Waals surface area (Å²) >= 11 is 0. The molecule has 1 aliphatic rings. The van der Waals surface area contributed by atoms with Crippen molar-refractivity contribution < 1.29 is 9.53 Å². The zero-order chi connectivity index (χ0) is 16.9. The second-order valence-corrected chi connectivity index (χ2v) is 5.94. The van der Waals surface area contributed by atoms with Crippen molar-refractivity contribution in [3.05, 3.63) is 53.9 Å². The van der Waals surface area contributed by atoms with Crippen molar-refractivity contribution in [2.24, 2.45) is 0 Å². The first-order valence-corrected chi connectivity index (χ1v) is 8.07. The Kier molecular flexibility index (Phi) is 5.05. The molecule has 2 aromatic rings. The minimum absolute atomic E-state index is 0.128. The molecule has 0 unspecified atom stereocenters. The van der Waals surface area contributed by atoms with Crippen molar-refractivity contribution in [3.8, 4) is 6.01 Å². The van der Waals surface area contributed by atoms with E-state index in [1.54, 1.807) is 26.4 Å². The molecule has 0 aliphatic carbocycles. The predicted octanol–water partition coefficient (Wildman–Crippen LogP) is 1.89. The van der Waals surface area contributed by atoms with Crippen LogP contribution in [0.4, 0.5) is 0 Å². The maximum absolute atomic E-state index is 11.8. The fourth-order valence-corrected chi connectivity index (χ4v) is 3.05. The highest BCUT2D eigenvalue weighted by atomic mass is 16.5.